The molecule has 2 rings (SSSR count). The van der Waals surface area contributed by atoms with E-state index in [1.807, 2.05) is 19.1 Å². The molecule has 1 aromatic rings. The highest BCUT2D eigenvalue weighted by molar-refractivity contribution is 5.97. The number of benzene rings is 1. The third-order valence-corrected chi connectivity index (χ3v) is 3.70. The molecule has 1 aromatic carbocycles. The van der Waals surface area contributed by atoms with Gasteiger partial charge in [0.15, 0.2) is 0 Å². The van der Waals surface area contributed by atoms with Crippen LogP contribution in [0.25, 0.3) is 0 Å². The molecule has 0 unspecified atom stereocenters. The largest absolute Gasteiger partial charge is 0.444 e. The second-order valence-corrected chi connectivity index (χ2v) is 7.15. The molecule has 1 saturated heterocycles. The Kier molecular flexibility index (Phi) is 5.66. The van der Waals surface area contributed by atoms with Crippen molar-refractivity contribution < 1.29 is 19.1 Å². The molecule has 7 heteroatoms. The van der Waals surface area contributed by atoms with Crippen molar-refractivity contribution in [1.29, 1.82) is 0 Å². The van der Waals surface area contributed by atoms with E-state index in [-0.39, 0.29) is 30.5 Å². The molecule has 1 aliphatic heterocycles. The van der Waals surface area contributed by atoms with Crippen molar-refractivity contribution in [1.82, 2.24) is 15.5 Å². The molecule has 25 heavy (non-hydrogen) atoms. The number of aryl methyl sites for hydroxylation is 1. The predicted molar refractivity (Wildman–Crippen MR) is 93.2 cm³/mol. The SMILES string of the molecule is Cc1ccccc1C(=O)NCC(=O)NC1CN(C(=O)OC(C)(C)C)C1. The lowest BCUT2D eigenvalue weighted by Gasteiger charge is -2.39. The third-order valence-electron chi connectivity index (χ3n) is 3.70. The lowest BCUT2D eigenvalue weighted by Crippen LogP contribution is -2.62. The molecular weight excluding hydrogens is 322 g/mol. The van der Waals surface area contributed by atoms with E-state index < -0.39 is 5.60 Å². The molecule has 2 N–H and O–H groups in total. The Hall–Kier alpha value is -2.57. The molecule has 3 amide bonds. The fraction of sp³-hybridized carbons (Fsp3) is 0.500. The van der Waals surface area contributed by atoms with Gasteiger partial charge < -0.3 is 20.3 Å². The van der Waals surface area contributed by atoms with Gasteiger partial charge in [0, 0.05) is 18.7 Å². The van der Waals surface area contributed by atoms with Gasteiger partial charge in [0.1, 0.15) is 5.60 Å². The molecular formula is C18H25N3O4. The molecule has 136 valence electrons. The zero-order chi connectivity index (χ0) is 18.6. The number of hydrogen-bond acceptors (Lipinski definition) is 4. The van der Waals surface area contributed by atoms with Crippen molar-refractivity contribution in [3.63, 3.8) is 0 Å². The highest BCUT2D eigenvalue weighted by Gasteiger charge is 2.34. The maximum atomic E-state index is 12.1. The van der Waals surface area contributed by atoms with Gasteiger partial charge in [-0.2, -0.15) is 0 Å². The maximum absolute atomic E-state index is 12.1. The molecule has 1 aliphatic rings. The molecule has 1 heterocycles. The summed E-state index contributed by atoms with van der Waals surface area (Å²) in [4.78, 5) is 37.3. The van der Waals surface area contributed by atoms with E-state index in [4.69, 9.17) is 4.74 Å². The Morgan fingerprint density at radius 2 is 1.84 bits per heavy atom. The summed E-state index contributed by atoms with van der Waals surface area (Å²) in [6.45, 7) is 7.98. The zero-order valence-corrected chi connectivity index (χ0v) is 15.1. The van der Waals surface area contributed by atoms with Gasteiger partial charge >= 0.3 is 6.09 Å². The molecule has 0 radical (unpaired) electrons. The van der Waals surface area contributed by atoms with Crippen LogP contribution in [0, 0.1) is 6.92 Å². The number of carbonyl (C=O) groups excluding carboxylic acids is 3. The highest BCUT2D eigenvalue weighted by atomic mass is 16.6. The zero-order valence-electron chi connectivity index (χ0n) is 15.1. The van der Waals surface area contributed by atoms with Crippen LogP contribution in [-0.2, 0) is 9.53 Å². The monoisotopic (exact) mass is 347 g/mol. The van der Waals surface area contributed by atoms with Crippen LogP contribution in [0.3, 0.4) is 0 Å². The van der Waals surface area contributed by atoms with Crippen LogP contribution in [0.15, 0.2) is 24.3 Å². The van der Waals surface area contributed by atoms with E-state index in [2.05, 4.69) is 10.6 Å². The predicted octanol–water partition coefficient (Wildman–Crippen LogP) is 1.46. The second kappa shape index (κ2) is 7.55. The Bertz CT molecular complexity index is 661. The van der Waals surface area contributed by atoms with E-state index in [0.29, 0.717) is 18.7 Å². The number of carbonyl (C=O) groups is 3. The second-order valence-electron chi connectivity index (χ2n) is 7.15. The van der Waals surface area contributed by atoms with Crippen LogP contribution in [0.5, 0.6) is 0 Å². The van der Waals surface area contributed by atoms with Gasteiger partial charge in [0.2, 0.25) is 5.91 Å². The number of nitrogens with one attached hydrogen (secondary N) is 2. The first-order chi connectivity index (χ1) is 11.7. The minimum absolute atomic E-state index is 0.101. The topological polar surface area (TPSA) is 87.7 Å². The first-order valence-corrected chi connectivity index (χ1v) is 8.27. The summed E-state index contributed by atoms with van der Waals surface area (Å²) >= 11 is 0. The minimum atomic E-state index is -0.536. The molecule has 0 bridgehead atoms. The van der Waals surface area contributed by atoms with E-state index >= 15 is 0 Å². The van der Waals surface area contributed by atoms with Crippen LogP contribution >= 0.6 is 0 Å². The first kappa shape index (κ1) is 18.8. The van der Waals surface area contributed by atoms with Gasteiger partial charge in [-0.25, -0.2) is 4.79 Å². The van der Waals surface area contributed by atoms with Crippen LogP contribution < -0.4 is 10.6 Å². The van der Waals surface area contributed by atoms with Crippen LogP contribution in [0.2, 0.25) is 0 Å². The third kappa shape index (κ3) is 5.48. The van der Waals surface area contributed by atoms with Gasteiger partial charge in [-0.3, -0.25) is 9.59 Å². The quantitative estimate of drug-likeness (QED) is 0.863. The number of amides is 3. The molecule has 0 saturated carbocycles. The van der Waals surface area contributed by atoms with E-state index in [1.165, 1.54) is 4.90 Å². The van der Waals surface area contributed by atoms with E-state index in [9.17, 15) is 14.4 Å². The number of hydrogen-bond donors (Lipinski definition) is 2. The summed E-state index contributed by atoms with van der Waals surface area (Å²) in [6, 6.07) is 7.07. The summed E-state index contributed by atoms with van der Waals surface area (Å²) in [5.41, 5.74) is 0.869. The highest BCUT2D eigenvalue weighted by Crippen LogP contribution is 2.15. The summed E-state index contributed by atoms with van der Waals surface area (Å²) < 4.78 is 5.25. The van der Waals surface area contributed by atoms with Crippen molar-refractivity contribution in [2.24, 2.45) is 0 Å². The Labute approximate surface area is 147 Å². The smallest absolute Gasteiger partial charge is 0.410 e. The summed E-state index contributed by atoms with van der Waals surface area (Å²) in [5, 5.41) is 5.38. The molecule has 0 atom stereocenters. The number of likely N-dealkylation sites (tertiary alicyclic amines) is 1. The van der Waals surface area contributed by atoms with E-state index in [1.54, 1.807) is 32.9 Å². The average Bonchev–Trinajstić information content (AvgIpc) is 2.46. The van der Waals surface area contributed by atoms with Crippen LogP contribution in [0.1, 0.15) is 36.7 Å². The lowest BCUT2D eigenvalue weighted by atomic mass is 10.1. The lowest BCUT2D eigenvalue weighted by molar-refractivity contribution is -0.122. The first-order valence-electron chi connectivity index (χ1n) is 8.27. The average molecular weight is 347 g/mol. The van der Waals surface area contributed by atoms with Crippen LogP contribution in [0.4, 0.5) is 4.79 Å². The van der Waals surface area contributed by atoms with Gasteiger partial charge in [-0.1, -0.05) is 18.2 Å². The summed E-state index contributed by atoms with van der Waals surface area (Å²) in [5.74, 6) is -0.562. The fourth-order valence-electron chi connectivity index (χ4n) is 2.41. The number of ether oxygens (including phenoxy) is 1. The Balaban J connectivity index is 1.70. The number of rotatable bonds is 4. The molecule has 1 fully saturated rings. The summed E-state index contributed by atoms with van der Waals surface area (Å²) in [6.07, 6.45) is -0.383. The van der Waals surface area contributed by atoms with Gasteiger partial charge in [-0.15, -0.1) is 0 Å². The fourth-order valence-corrected chi connectivity index (χ4v) is 2.41. The van der Waals surface area contributed by atoms with Crippen molar-refractivity contribution in [2.75, 3.05) is 19.6 Å². The van der Waals surface area contributed by atoms with Gasteiger partial charge in [0.25, 0.3) is 5.91 Å². The van der Waals surface area contributed by atoms with Crippen molar-refractivity contribution in [3.05, 3.63) is 35.4 Å². The van der Waals surface area contributed by atoms with E-state index in [0.717, 1.165) is 5.56 Å². The van der Waals surface area contributed by atoms with Crippen molar-refractivity contribution >= 4 is 17.9 Å². The standard InChI is InChI=1S/C18H25N3O4/c1-12-7-5-6-8-14(12)16(23)19-9-15(22)20-13-10-21(11-13)17(24)25-18(2,3)4/h5-8,13H,9-11H2,1-4H3,(H,19,23)(H,20,22). The summed E-state index contributed by atoms with van der Waals surface area (Å²) in [7, 11) is 0. The van der Waals surface area contributed by atoms with Crippen molar-refractivity contribution in [2.45, 2.75) is 39.3 Å². The number of nitrogens with zero attached hydrogens (tertiary/aromatic N) is 1. The van der Waals surface area contributed by atoms with Crippen molar-refractivity contribution in [3.8, 4) is 0 Å². The normalized spacial score (nSPS) is 14.5. The van der Waals surface area contributed by atoms with Gasteiger partial charge in [0.05, 0.1) is 12.6 Å². The molecule has 0 spiro atoms. The maximum Gasteiger partial charge on any atom is 0.410 e. The van der Waals surface area contributed by atoms with Crippen LogP contribution in [-0.4, -0.2) is 54.1 Å². The minimum Gasteiger partial charge on any atom is -0.444 e. The van der Waals surface area contributed by atoms with Gasteiger partial charge in [-0.05, 0) is 39.3 Å². The molecule has 0 aliphatic carbocycles. The Morgan fingerprint density at radius 1 is 1.20 bits per heavy atom. The Morgan fingerprint density at radius 3 is 2.44 bits per heavy atom. The molecule has 0 aromatic heterocycles. The molecule has 7 nitrogen and oxygen atoms in total.